The molecule has 2 aromatic heterocycles. The van der Waals surface area contributed by atoms with Crippen molar-refractivity contribution in [3.63, 3.8) is 0 Å². The summed E-state index contributed by atoms with van der Waals surface area (Å²) in [5.41, 5.74) is 1.67. The summed E-state index contributed by atoms with van der Waals surface area (Å²) in [4.78, 5) is 24.0. The van der Waals surface area contributed by atoms with Crippen molar-refractivity contribution >= 4 is 72.8 Å². The van der Waals surface area contributed by atoms with Gasteiger partial charge in [-0.3, -0.25) is 9.52 Å². The van der Waals surface area contributed by atoms with Crippen molar-refractivity contribution in [2.75, 3.05) is 10.0 Å². The molecule has 0 unspecified atom stereocenters. The van der Waals surface area contributed by atoms with Gasteiger partial charge in [0.05, 0.1) is 4.34 Å². The van der Waals surface area contributed by atoms with Crippen LogP contribution in [0, 0.1) is 6.92 Å². The molecule has 4 aromatic rings. The van der Waals surface area contributed by atoms with Gasteiger partial charge in [-0.1, -0.05) is 23.2 Å². The summed E-state index contributed by atoms with van der Waals surface area (Å²) in [5.74, 6) is -0.415. The SMILES string of the molecule is Cc1cc(=O)oc2cc(NC(=O)c3ccc(NS(=O)(=O)c4cc(Cl)sc4Cl)cc3)ccc12. The van der Waals surface area contributed by atoms with Gasteiger partial charge < -0.3 is 9.73 Å². The van der Waals surface area contributed by atoms with E-state index in [0.29, 0.717) is 16.8 Å². The van der Waals surface area contributed by atoms with Crippen LogP contribution < -0.4 is 15.7 Å². The highest BCUT2D eigenvalue weighted by Crippen LogP contribution is 2.35. The molecule has 0 atom stereocenters. The summed E-state index contributed by atoms with van der Waals surface area (Å²) in [6.07, 6.45) is 0. The van der Waals surface area contributed by atoms with E-state index in [-0.39, 0.29) is 19.3 Å². The van der Waals surface area contributed by atoms with E-state index in [1.807, 2.05) is 0 Å². The third-order valence-electron chi connectivity index (χ3n) is 4.52. The fourth-order valence-electron chi connectivity index (χ4n) is 3.01. The zero-order valence-electron chi connectivity index (χ0n) is 16.3. The molecule has 7 nitrogen and oxygen atoms in total. The molecule has 2 N–H and O–H groups in total. The molecule has 0 spiro atoms. The number of carbonyl (C=O) groups is 1. The molecule has 0 radical (unpaired) electrons. The summed E-state index contributed by atoms with van der Waals surface area (Å²) < 4.78 is 32.9. The topological polar surface area (TPSA) is 105 Å². The Kier molecular flexibility index (Phi) is 6.00. The van der Waals surface area contributed by atoms with Crippen LogP contribution >= 0.6 is 34.5 Å². The Labute approximate surface area is 196 Å². The molecule has 0 saturated carbocycles. The average Bonchev–Trinajstić information content (AvgIpc) is 3.07. The Balaban J connectivity index is 1.50. The molecule has 1 amide bonds. The second kappa shape index (κ2) is 8.59. The number of anilines is 2. The minimum Gasteiger partial charge on any atom is -0.423 e. The van der Waals surface area contributed by atoms with Gasteiger partial charge in [0, 0.05) is 34.5 Å². The summed E-state index contributed by atoms with van der Waals surface area (Å²) >= 11 is 12.7. The molecule has 0 bridgehead atoms. The number of nitrogens with one attached hydrogen (secondary N) is 2. The Hall–Kier alpha value is -2.85. The van der Waals surface area contributed by atoms with E-state index in [4.69, 9.17) is 27.6 Å². The number of halogens is 2. The van der Waals surface area contributed by atoms with Gasteiger partial charge in [0.2, 0.25) is 0 Å². The van der Waals surface area contributed by atoms with E-state index in [1.165, 1.54) is 36.4 Å². The number of carbonyl (C=O) groups excluding carboxylic acids is 1. The van der Waals surface area contributed by atoms with Gasteiger partial charge in [0.25, 0.3) is 15.9 Å². The van der Waals surface area contributed by atoms with Crippen molar-refractivity contribution in [3.8, 4) is 0 Å². The van der Waals surface area contributed by atoms with Crippen LogP contribution in [0.5, 0.6) is 0 Å². The van der Waals surface area contributed by atoms with Crippen molar-refractivity contribution in [1.29, 1.82) is 0 Å². The first-order valence-electron chi connectivity index (χ1n) is 9.06. The number of aryl methyl sites for hydroxylation is 1. The number of rotatable bonds is 5. The van der Waals surface area contributed by atoms with Gasteiger partial charge in [-0.05, 0) is 55.0 Å². The second-order valence-corrected chi connectivity index (χ2v) is 10.7. The number of sulfonamides is 1. The number of amides is 1. The van der Waals surface area contributed by atoms with Crippen LogP contribution in [-0.2, 0) is 10.0 Å². The molecule has 164 valence electrons. The van der Waals surface area contributed by atoms with Crippen molar-refractivity contribution in [2.24, 2.45) is 0 Å². The van der Waals surface area contributed by atoms with Gasteiger partial charge in [0.15, 0.2) is 0 Å². The van der Waals surface area contributed by atoms with Crippen LogP contribution in [0.2, 0.25) is 8.67 Å². The van der Waals surface area contributed by atoms with Gasteiger partial charge >= 0.3 is 5.63 Å². The molecule has 2 aromatic carbocycles. The monoisotopic (exact) mass is 508 g/mol. The zero-order chi connectivity index (χ0) is 23.0. The molecule has 4 rings (SSSR count). The summed E-state index contributed by atoms with van der Waals surface area (Å²) in [5, 5.41) is 3.49. The molecule has 0 aliphatic heterocycles. The minimum atomic E-state index is -3.93. The maximum absolute atomic E-state index is 12.6. The van der Waals surface area contributed by atoms with E-state index in [1.54, 1.807) is 25.1 Å². The van der Waals surface area contributed by atoms with Crippen LogP contribution in [0.15, 0.2) is 68.7 Å². The first-order valence-corrected chi connectivity index (χ1v) is 12.1. The van der Waals surface area contributed by atoms with Crippen LogP contribution in [0.25, 0.3) is 11.0 Å². The predicted octanol–water partition coefficient (Wildman–Crippen LogP) is 5.52. The van der Waals surface area contributed by atoms with Crippen molar-refractivity contribution in [3.05, 3.63) is 84.8 Å². The fourth-order valence-corrected chi connectivity index (χ4v) is 6.22. The first kappa shape index (κ1) is 22.3. The summed E-state index contributed by atoms with van der Waals surface area (Å²) in [7, 11) is -3.93. The van der Waals surface area contributed by atoms with E-state index in [0.717, 1.165) is 22.3 Å². The molecule has 11 heteroatoms. The molecule has 32 heavy (non-hydrogen) atoms. The van der Waals surface area contributed by atoms with Crippen LogP contribution in [0.3, 0.4) is 0 Å². The highest BCUT2D eigenvalue weighted by molar-refractivity contribution is 7.93. The largest absolute Gasteiger partial charge is 0.423 e. The molecule has 0 aliphatic rings. The quantitative estimate of drug-likeness (QED) is 0.345. The third kappa shape index (κ3) is 4.66. The van der Waals surface area contributed by atoms with Gasteiger partial charge in [-0.2, -0.15) is 0 Å². The lowest BCUT2D eigenvalue weighted by Crippen LogP contribution is -2.14. The number of thiophene rings is 1. The smallest absolute Gasteiger partial charge is 0.336 e. The molecule has 0 aliphatic carbocycles. The fraction of sp³-hybridized carbons (Fsp3) is 0.0476. The van der Waals surface area contributed by atoms with Crippen LogP contribution in [-0.4, -0.2) is 14.3 Å². The normalized spacial score (nSPS) is 11.5. The minimum absolute atomic E-state index is 0.0555. The summed E-state index contributed by atoms with van der Waals surface area (Å²) in [6, 6.07) is 13.5. The predicted molar refractivity (Wildman–Crippen MR) is 127 cm³/mol. The molecule has 0 fully saturated rings. The highest BCUT2D eigenvalue weighted by atomic mass is 35.5. The van der Waals surface area contributed by atoms with Gasteiger partial charge in [-0.25, -0.2) is 13.2 Å². The highest BCUT2D eigenvalue weighted by Gasteiger charge is 2.21. The molecular weight excluding hydrogens is 495 g/mol. The standard InChI is InChI=1S/C21H14Cl2N2O5S2/c1-11-8-19(26)30-16-9-14(6-7-15(11)16)24-21(27)12-2-4-13(5-3-12)25-32(28,29)17-10-18(22)31-20(17)23/h2-10,25H,1H3,(H,24,27). The first-order chi connectivity index (χ1) is 15.1. The van der Waals surface area contributed by atoms with Gasteiger partial charge in [-0.15, -0.1) is 11.3 Å². The Morgan fingerprint density at radius 2 is 1.69 bits per heavy atom. The van der Waals surface area contributed by atoms with E-state index in [9.17, 15) is 18.0 Å². The number of fused-ring (bicyclic) bond motifs is 1. The zero-order valence-corrected chi connectivity index (χ0v) is 19.5. The van der Waals surface area contributed by atoms with Crippen molar-refractivity contribution in [2.45, 2.75) is 11.8 Å². The lowest BCUT2D eigenvalue weighted by Gasteiger charge is -2.09. The van der Waals surface area contributed by atoms with Gasteiger partial charge in [0.1, 0.15) is 14.8 Å². The molecular formula is C21H14Cl2N2O5S2. The Morgan fingerprint density at radius 3 is 2.34 bits per heavy atom. The number of benzene rings is 2. The van der Waals surface area contributed by atoms with E-state index in [2.05, 4.69) is 10.0 Å². The molecule has 0 saturated heterocycles. The van der Waals surface area contributed by atoms with E-state index >= 15 is 0 Å². The lowest BCUT2D eigenvalue weighted by atomic mass is 10.1. The lowest BCUT2D eigenvalue weighted by molar-refractivity contribution is 0.102. The van der Waals surface area contributed by atoms with Crippen molar-refractivity contribution < 1.29 is 17.6 Å². The second-order valence-electron chi connectivity index (χ2n) is 6.78. The van der Waals surface area contributed by atoms with Crippen LogP contribution in [0.4, 0.5) is 11.4 Å². The van der Waals surface area contributed by atoms with E-state index < -0.39 is 21.6 Å². The Bertz CT molecular complexity index is 1510. The number of hydrogen-bond acceptors (Lipinski definition) is 6. The van der Waals surface area contributed by atoms with Crippen LogP contribution in [0.1, 0.15) is 15.9 Å². The number of hydrogen-bond donors (Lipinski definition) is 2. The summed E-state index contributed by atoms with van der Waals surface area (Å²) in [6.45, 7) is 1.80. The maximum atomic E-state index is 12.6. The Morgan fingerprint density at radius 1 is 1.00 bits per heavy atom. The average molecular weight is 509 g/mol. The maximum Gasteiger partial charge on any atom is 0.336 e. The van der Waals surface area contributed by atoms with Crippen molar-refractivity contribution in [1.82, 2.24) is 0 Å². The third-order valence-corrected chi connectivity index (χ3v) is 7.66. The molecule has 2 heterocycles.